The van der Waals surface area contributed by atoms with Crippen molar-refractivity contribution in [3.8, 4) is 5.75 Å². The lowest BCUT2D eigenvalue weighted by molar-refractivity contribution is 0.419. The smallest absolute Gasteiger partial charge is 0.178 e. The van der Waals surface area contributed by atoms with Crippen LogP contribution in [0.4, 0.5) is 0 Å². The normalized spacial score (nSPS) is 17.7. The van der Waals surface area contributed by atoms with Crippen molar-refractivity contribution in [3.05, 3.63) is 23.0 Å². The van der Waals surface area contributed by atoms with Crippen LogP contribution in [-0.4, -0.2) is 27.7 Å². The third-order valence-electron chi connectivity index (χ3n) is 4.39. The number of nitrogens with zero attached hydrogens (tertiary/aromatic N) is 1. The van der Waals surface area contributed by atoms with Crippen molar-refractivity contribution in [3.63, 3.8) is 0 Å². The Morgan fingerprint density at radius 3 is 2.80 bits per heavy atom. The predicted molar refractivity (Wildman–Crippen MR) is 88.4 cm³/mol. The molecule has 0 amide bonds. The molecule has 0 radical (unpaired) electrons. The Morgan fingerprint density at radius 2 is 2.15 bits per heavy atom. The van der Waals surface area contributed by atoms with E-state index in [1.165, 1.54) is 25.7 Å². The summed E-state index contributed by atoms with van der Waals surface area (Å²) >= 11 is 7.53. The molecule has 5 heteroatoms. The van der Waals surface area contributed by atoms with Gasteiger partial charge in [0.25, 0.3) is 0 Å². The van der Waals surface area contributed by atoms with Crippen LogP contribution in [0.3, 0.4) is 0 Å². The van der Waals surface area contributed by atoms with Crippen LogP contribution in [0.2, 0.25) is 0 Å². The lowest BCUT2D eigenvalue weighted by Gasteiger charge is -2.27. The highest BCUT2D eigenvalue weighted by Gasteiger charge is 2.34. The van der Waals surface area contributed by atoms with Gasteiger partial charge in [-0.05, 0) is 43.4 Å². The maximum absolute atomic E-state index is 5.54. The molecule has 0 saturated heterocycles. The van der Waals surface area contributed by atoms with E-state index in [4.69, 9.17) is 17.0 Å². The van der Waals surface area contributed by atoms with E-state index < -0.39 is 0 Å². The number of H-pyrrole nitrogens is 1. The number of thioether (sulfide) groups is 1. The Balaban J connectivity index is 2.08. The highest BCUT2D eigenvalue weighted by Crippen LogP contribution is 2.42. The minimum Gasteiger partial charge on any atom is -0.494 e. The second-order valence-corrected chi connectivity index (χ2v) is 7.13. The summed E-state index contributed by atoms with van der Waals surface area (Å²) in [5.41, 5.74) is 2.16. The molecule has 3 rings (SSSR count). The molecular weight excluding hydrogens is 288 g/mol. The molecule has 1 aliphatic rings. The van der Waals surface area contributed by atoms with Crippen molar-refractivity contribution in [2.75, 3.05) is 13.4 Å². The van der Waals surface area contributed by atoms with Crippen LogP contribution < -0.4 is 4.74 Å². The van der Waals surface area contributed by atoms with E-state index in [1.54, 1.807) is 7.11 Å². The van der Waals surface area contributed by atoms with Crippen molar-refractivity contribution >= 4 is 35.0 Å². The molecule has 1 aliphatic carbocycles. The molecule has 0 unspecified atom stereocenters. The zero-order chi connectivity index (χ0) is 14.2. The molecule has 0 atom stereocenters. The average molecular weight is 308 g/mol. The number of fused-ring (bicyclic) bond motifs is 1. The molecule has 0 bridgehead atoms. The van der Waals surface area contributed by atoms with Gasteiger partial charge in [-0.1, -0.05) is 18.9 Å². The second-order valence-electron chi connectivity index (χ2n) is 5.46. The summed E-state index contributed by atoms with van der Waals surface area (Å²) in [5, 5.41) is 0. The van der Waals surface area contributed by atoms with E-state index in [9.17, 15) is 0 Å². The van der Waals surface area contributed by atoms with Gasteiger partial charge in [0.05, 0.1) is 12.6 Å². The summed E-state index contributed by atoms with van der Waals surface area (Å²) in [7, 11) is 1.70. The number of para-hydroxylation sites is 1. The average Bonchev–Trinajstić information content (AvgIpc) is 3.05. The molecule has 20 heavy (non-hydrogen) atoms. The first kappa shape index (κ1) is 14.0. The van der Waals surface area contributed by atoms with Gasteiger partial charge in [0.2, 0.25) is 0 Å². The molecule has 1 N–H and O–H groups in total. The summed E-state index contributed by atoms with van der Waals surface area (Å²) in [6, 6.07) is 6.12. The highest BCUT2D eigenvalue weighted by molar-refractivity contribution is 8.00. The lowest BCUT2D eigenvalue weighted by atomic mass is 10.1. The Morgan fingerprint density at radius 1 is 1.40 bits per heavy atom. The van der Waals surface area contributed by atoms with Gasteiger partial charge in [-0.15, -0.1) is 0 Å². The molecule has 1 heterocycles. The number of rotatable bonds is 4. The molecule has 2 aromatic rings. The number of hydrogen-bond donors (Lipinski definition) is 1. The Labute approximate surface area is 128 Å². The van der Waals surface area contributed by atoms with Gasteiger partial charge < -0.3 is 14.3 Å². The Hall–Kier alpha value is -0.940. The monoisotopic (exact) mass is 308 g/mol. The van der Waals surface area contributed by atoms with Crippen molar-refractivity contribution < 1.29 is 4.74 Å². The van der Waals surface area contributed by atoms with E-state index in [0.717, 1.165) is 28.1 Å². The summed E-state index contributed by atoms with van der Waals surface area (Å²) in [6.45, 7) is 0.986. The number of methoxy groups -OCH3 is 1. The molecule has 3 nitrogen and oxygen atoms in total. The maximum Gasteiger partial charge on any atom is 0.178 e. The van der Waals surface area contributed by atoms with Gasteiger partial charge in [0, 0.05) is 11.3 Å². The van der Waals surface area contributed by atoms with Crippen molar-refractivity contribution in [1.29, 1.82) is 0 Å². The molecule has 1 fully saturated rings. The van der Waals surface area contributed by atoms with Crippen LogP contribution in [0, 0.1) is 4.77 Å². The van der Waals surface area contributed by atoms with Gasteiger partial charge in [-0.2, -0.15) is 11.8 Å². The highest BCUT2D eigenvalue weighted by atomic mass is 32.2. The summed E-state index contributed by atoms with van der Waals surface area (Å²) in [5.74, 6) is 0.858. The van der Waals surface area contributed by atoms with E-state index in [1.807, 2.05) is 23.9 Å². The fourth-order valence-electron chi connectivity index (χ4n) is 3.22. The van der Waals surface area contributed by atoms with Crippen LogP contribution >= 0.6 is 24.0 Å². The first-order valence-corrected chi connectivity index (χ1v) is 8.63. The molecule has 0 spiro atoms. The summed E-state index contributed by atoms with van der Waals surface area (Å²) in [6.07, 6.45) is 7.46. The second kappa shape index (κ2) is 5.45. The van der Waals surface area contributed by atoms with Gasteiger partial charge >= 0.3 is 0 Å². The topological polar surface area (TPSA) is 29.9 Å². The standard InChI is InChI=1S/C15H20N2OS2/c1-18-12-7-5-6-11-13(12)16-14(19)17(11)10-15(20-2)8-3-4-9-15/h5-7H,3-4,8-10H2,1-2H3,(H,16,19). The Bertz CT molecular complexity index is 668. The third kappa shape index (κ3) is 2.27. The molecule has 1 aromatic heterocycles. The van der Waals surface area contributed by atoms with E-state index >= 15 is 0 Å². The summed E-state index contributed by atoms with van der Waals surface area (Å²) in [4.78, 5) is 3.31. The van der Waals surface area contributed by atoms with Gasteiger partial charge in [0.15, 0.2) is 4.77 Å². The number of nitrogens with one attached hydrogen (secondary N) is 1. The van der Waals surface area contributed by atoms with Crippen molar-refractivity contribution in [2.45, 2.75) is 37.0 Å². The SMILES string of the molecule is COc1cccc2c1[nH]c(=S)n2CC1(SC)CCCC1. The van der Waals surface area contributed by atoms with Crippen LogP contribution in [0.5, 0.6) is 5.75 Å². The fraction of sp³-hybridized carbons (Fsp3) is 0.533. The quantitative estimate of drug-likeness (QED) is 0.850. The molecular formula is C15H20N2OS2. The van der Waals surface area contributed by atoms with Crippen LogP contribution in [0.1, 0.15) is 25.7 Å². The van der Waals surface area contributed by atoms with Crippen LogP contribution in [-0.2, 0) is 6.54 Å². The Kier molecular flexibility index (Phi) is 3.82. The van der Waals surface area contributed by atoms with E-state index in [0.29, 0.717) is 4.75 Å². The summed E-state index contributed by atoms with van der Waals surface area (Å²) < 4.78 is 8.81. The van der Waals surface area contributed by atoms with Crippen molar-refractivity contribution in [2.24, 2.45) is 0 Å². The first-order valence-electron chi connectivity index (χ1n) is 7.00. The van der Waals surface area contributed by atoms with Crippen molar-refractivity contribution in [1.82, 2.24) is 9.55 Å². The van der Waals surface area contributed by atoms with Crippen LogP contribution in [0.25, 0.3) is 11.0 Å². The molecule has 1 aromatic carbocycles. The molecule has 108 valence electrons. The number of aromatic amines is 1. The number of benzene rings is 1. The predicted octanol–water partition coefficient (Wildman–Crippen LogP) is 4.38. The lowest BCUT2D eigenvalue weighted by Crippen LogP contribution is -2.26. The van der Waals surface area contributed by atoms with Gasteiger partial charge in [-0.25, -0.2) is 0 Å². The zero-order valence-electron chi connectivity index (χ0n) is 11.9. The zero-order valence-corrected chi connectivity index (χ0v) is 13.6. The largest absolute Gasteiger partial charge is 0.494 e. The fourth-order valence-corrected chi connectivity index (χ4v) is 4.44. The molecule has 1 saturated carbocycles. The van der Waals surface area contributed by atoms with Gasteiger partial charge in [0.1, 0.15) is 11.3 Å². The van der Waals surface area contributed by atoms with Gasteiger partial charge in [-0.3, -0.25) is 0 Å². The van der Waals surface area contributed by atoms with Crippen LogP contribution in [0.15, 0.2) is 18.2 Å². The molecule has 0 aliphatic heterocycles. The van der Waals surface area contributed by atoms with E-state index in [2.05, 4.69) is 21.9 Å². The van der Waals surface area contributed by atoms with E-state index in [-0.39, 0.29) is 0 Å². The minimum absolute atomic E-state index is 0.344. The maximum atomic E-state index is 5.54. The number of ether oxygens (including phenoxy) is 1. The third-order valence-corrected chi connectivity index (χ3v) is 6.11. The number of imidazole rings is 1. The first-order chi connectivity index (χ1) is 9.69. The minimum atomic E-state index is 0.344. The number of hydrogen-bond acceptors (Lipinski definition) is 3. The number of aromatic nitrogens is 2.